The molecule has 2 N–H and O–H groups in total. The second-order valence-corrected chi connectivity index (χ2v) is 6.69. The summed E-state index contributed by atoms with van der Waals surface area (Å²) in [6.07, 6.45) is 0. The summed E-state index contributed by atoms with van der Waals surface area (Å²) in [6.45, 7) is 3.38. The SMILES string of the molecule is CCOC(=O)CN(CC)S(=O)(=O)c1ccc(N)cc1Br. The third-order valence-electron chi connectivity index (χ3n) is 2.54. The van der Waals surface area contributed by atoms with Crippen LogP contribution in [0.5, 0.6) is 0 Å². The fourth-order valence-electron chi connectivity index (χ4n) is 1.58. The molecule has 0 atom stereocenters. The highest BCUT2D eigenvalue weighted by molar-refractivity contribution is 9.10. The molecular formula is C12H17BrN2O4S. The van der Waals surface area contributed by atoms with Crippen LogP contribution in [0.15, 0.2) is 27.6 Å². The molecule has 0 aliphatic rings. The number of sulfonamides is 1. The number of halogens is 1. The molecule has 0 radical (unpaired) electrons. The number of ether oxygens (including phenoxy) is 1. The lowest BCUT2D eigenvalue weighted by Crippen LogP contribution is -2.36. The first kappa shape index (κ1) is 16.9. The molecular weight excluding hydrogens is 348 g/mol. The summed E-state index contributed by atoms with van der Waals surface area (Å²) < 4.78 is 31.2. The van der Waals surface area contributed by atoms with Crippen molar-refractivity contribution in [2.75, 3.05) is 25.4 Å². The van der Waals surface area contributed by atoms with Gasteiger partial charge in [-0.1, -0.05) is 6.92 Å². The highest BCUT2D eigenvalue weighted by Crippen LogP contribution is 2.26. The van der Waals surface area contributed by atoms with Crippen LogP contribution < -0.4 is 5.73 Å². The van der Waals surface area contributed by atoms with E-state index in [0.29, 0.717) is 10.2 Å². The minimum absolute atomic E-state index is 0.0675. The van der Waals surface area contributed by atoms with E-state index in [0.717, 1.165) is 4.31 Å². The van der Waals surface area contributed by atoms with E-state index in [2.05, 4.69) is 15.9 Å². The molecule has 1 aromatic rings. The Morgan fingerprint density at radius 1 is 1.40 bits per heavy atom. The van der Waals surface area contributed by atoms with E-state index in [1.807, 2.05) is 0 Å². The Labute approximate surface area is 127 Å². The Bertz CT molecular complexity index is 589. The van der Waals surface area contributed by atoms with E-state index in [1.54, 1.807) is 13.8 Å². The van der Waals surface area contributed by atoms with Crippen molar-refractivity contribution in [2.24, 2.45) is 0 Å². The number of nitrogen functional groups attached to an aromatic ring is 1. The fourth-order valence-corrected chi connectivity index (χ4v) is 4.03. The number of anilines is 1. The summed E-state index contributed by atoms with van der Waals surface area (Å²) in [7, 11) is -3.78. The number of esters is 1. The van der Waals surface area contributed by atoms with Crippen molar-refractivity contribution in [1.82, 2.24) is 4.31 Å². The molecule has 6 nitrogen and oxygen atoms in total. The lowest BCUT2D eigenvalue weighted by Gasteiger charge is -2.20. The molecule has 112 valence electrons. The first-order valence-corrected chi connectivity index (χ1v) is 8.27. The second-order valence-electron chi connectivity index (χ2n) is 3.93. The first-order chi connectivity index (χ1) is 9.32. The van der Waals surface area contributed by atoms with Crippen LogP contribution in [0.3, 0.4) is 0 Å². The molecule has 0 aliphatic heterocycles. The average Bonchev–Trinajstić information content (AvgIpc) is 2.35. The van der Waals surface area contributed by atoms with Crippen LogP contribution in [-0.4, -0.2) is 38.4 Å². The molecule has 0 heterocycles. The van der Waals surface area contributed by atoms with Gasteiger partial charge in [-0.25, -0.2) is 8.42 Å². The van der Waals surface area contributed by atoms with Gasteiger partial charge in [0.15, 0.2) is 0 Å². The van der Waals surface area contributed by atoms with Crippen LogP contribution >= 0.6 is 15.9 Å². The van der Waals surface area contributed by atoms with E-state index in [9.17, 15) is 13.2 Å². The summed E-state index contributed by atoms with van der Waals surface area (Å²) in [5.74, 6) is -0.579. The number of rotatable bonds is 6. The number of benzene rings is 1. The van der Waals surface area contributed by atoms with Crippen LogP contribution in [0.1, 0.15) is 13.8 Å². The summed E-state index contributed by atoms with van der Waals surface area (Å²) in [5.41, 5.74) is 6.04. The van der Waals surface area contributed by atoms with Crippen molar-refractivity contribution in [3.05, 3.63) is 22.7 Å². The van der Waals surface area contributed by atoms with Crippen LogP contribution in [-0.2, 0) is 19.6 Å². The Morgan fingerprint density at radius 3 is 2.55 bits per heavy atom. The maximum Gasteiger partial charge on any atom is 0.321 e. The largest absolute Gasteiger partial charge is 0.465 e. The van der Waals surface area contributed by atoms with E-state index in [1.165, 1.54) is 18.2 Å². The lowest BCUT2D eigenvalue weighted by atomic mass is 10.3. The van der Waals surface area contributed by atoms with E-state index in [-0.39, 0.29) is 24.6 Å². The van der Waals surface area contributed by atoms with Crippen LogP contribution in [0.25, 0.3) is 0 Å². The highest BCUT2D eigenvalue weighted by atomic mass is 79.9. The lowest BCUT2D eigenvalue weighted by molar-refractivity contribution is -0.143. The molecule has 1 rings (SSSR count). The van der Waals surface area contributed by atoms with Gasteiger partial charge in [0, 0.05) is 16.7 Å². The number of carbonyl (C=O) groups is 1. The number of likely N-dealkylation sites (N-methyl/N-ethyl adjacent to an activating group) is 1. The molecule has 0 aliphatic carbocycles. The Kier molecular flexibility index (Phi) is 5.97. The fraction of sp³-hybridized carbons (Fsp3) is 0.417. The van der Waals surface area contributed by atoms with Gasteiger partial charge in [-0.05, 0) is 41.1 Å². The summed E-state index contributed by atoms with van der Waals surface area (Å²) >= 11 is 3.18. The average molecular weight is 365 g/mol. The predicted octanol–water partition coefficient (Wildman–Crippen LogP) is 1.60. The molecule has 0 saturated carbocycles. The quantitative estimate of drug-likeness (QED) is 0.611. The van der Waals surface area contributed by atoms with Gasteiger partial charge in [0.2, 0.25) is 10.0 Å². The molecule has 0 unspecified atom stereocenters. The van der Waals surface area contributed by atoms with Gasteiger partial charge in [0.25, 0.3) is 0 Å². The van der Waals surface area contributed by atoms with E-state index in [4.69, 9.17) is 10.5 Å². The zero-order valence-corrected chi connectivity index (χ0v) is 13.7. The molecule has 1 aromatic carbocycles. The Balaban J connectivity index is 3.09. The maximum atomic E-state index is 12.5. The zero-order valence-electron chi connectivity index (χ0n) is 11.3. The molecule has 0 bridgehead atoms. The van der Waals surface area contributed by atoms with E-state index < -0.39 is 16.0 Å². The zero-order chi connectivity index (χ0) is 15.3. The van der Waals surface area contributed by atoms with Gasteiger partial charge in [0.1, 0.15) is 6.54 Å². The first-order valence-electron chi connectivity index (χ1n) is 6.03. The van der Waals surface area contributed by atoms with Crippen molar-refractivity contribution in [1.29, 1.82) is 0 Å². The van der Waals surface area contributed by atoms with Crippen molar-refractivity contribution in [3.8, 4) is 0 Å². The topological polar surface area (TPSA) is 89.7 Å². The normalized spacial score (nSPS) is 11.6. The standard InChI is InChI=1S/C12H17BrN2O4S/c1-3-15(8-12(16)19-4-2)20(17,18)11-6-5-9(14)7-10(11)13/h5-7H,3-4,8,14H2,1-2H3. The van der Waals surface area contributed by atoms with Crippen molar-refractivity contribution in [2.45, 2.75) is 18.7 Å². The van der Waals surface area contributed by atoms with Crippen molar-refractivity contribution < 1.29 is 17.9 Å². The van der Waals surface area contributed by atoms with Crippen LogP contribution in [0.2, 0.25) is 0 Å². The number of nitrogens with two attached hydrogens (primary N) is 1. The minimum atomic E-state index is -3.78. The molecule has 0 fully saturated rings. The molecule has 0 aromatic heterocycles. The smallest absolute Gasteiger partial charge is 0.321 e. The number of hydrogen-bond acceptors (Lipinski definition) is 5. The van der Waals surface area contributed by atoms with Crippen molar-refractivity contribution in [3.63, 3.8) is 0 Å². The van der Waals surface area contributed by atoms with Crippen LogP contribution in [0, 0.1) is 0 Å². The van der Waals surface area contributed by atoms with Gasteiger partial charge in [-0.15, -0.1) is 0 Å². The van der Waals surface area contributed by atoms with E-state index >= 15 is 0 Å². The highest BCUT2D eigenvalue weighted by Gasteiger charge is 2.27. The molecule has 0 saturated heterocycles. The Morgan fingerprint density at radius 2 is 2.05 bits per heavy atom. The summed E-state index contributed by atoms with van der Waals surface area (Å²) in [4.78, 5) is 11.5. The van der Waals surface area contributed by atoms with Crippen molar-refractivity contribution >= 4 is 37.6 Å². The minimum Gasteiger partial charge on any atom is -0.465 e. The predicted molar refractivity (Wildman–Crippen MR) is 79.6 cm³/mol. The van der Waals surface area contributed by atoms with Crippen LogP contribution in [0.4, 0.5) is 5.69 Å². The molecule has 0 amide bonds. The summed E-state index contributed by atoms with van der Waals surface area (Å²) in [5, 5.41) is 0. The van der Waals surface area contributed by atoms with Gasteiger partial charge in [0.05, 0.1) is 11.5 Å². The molecule has 20 heavy (non-hydrogen) atoms. The van der Waals surface area contributed by atoms with Gasteiger partial charge < -0.3 is 10.5 Å². The second kappa shape index (κ2) is 7.05. The molecule has 8 heteroatoms. The number of hydrogen-bond donors (Lipinski definition) is 1. The van der Waals surface area contributed by atoms with Gasteiger partial charge >= 0.3 is 5.97 Å². The molecule has 0 spiro atoms. The third kappa shape index (κ3) is 3.94. The van der Waals surface area contributed by atoms with Gasteiger partial charge in [-0.2, -0.15) is 4.31 Å². The monoisotopic (exact) mass is 364 g/mol. The van der Waals surface area contributed by atoms with Gasteiger partial charge in [-0.3, -0.25) is 4.79 Å². The Hall–Kier alpha value is -1.12. The number of carbonyl (C=O) groups excluding carboxylic acids is 1. The number of nitrogens with zero attached hydrogens (tertiary/aromatic N) is 1. The maximum absolute atomic E-state index is 12.5. The summed E-state index contributed by atoms with van der Waals surface area (Å²) in [6, 6.07) is 4.41. The third-order valence-corrected chi connectivity index (χ3v) is 5.43.